The van der Waals surface area contributed by atoms with Gasteiger partial charge in [-0.3, -0.25) is 4.79 Å². The Morgan fingerprint density at radius 3 is 2.88 bits per heavy atom. The van der Waals surface area contributed by atoms with E-state index in [-0.39, 0.29) is 11.0 Å². The highest BCUT2D eigenvalue weighted by molar-refractivity contribution is 7.22. The Kier molecular flexibility index (Phi) is 3.54. The third kappa shape index (κ3) is 2.29. The topological polar surface area (TPSA) is 85.8 Å². The molecule has 3 aromatic heterocycles. The van der Waals surface area contributed by atoms with Crippen molar-refractivity contribution in [3.63, 3.8) is 0 Å². The number of hydrogen-bond acceptors (Lipinski definition) is 7. The van der Waals surface area contributed by atoms with Gasteiger partial charge < -0.3 is 14.4 Å². The fraction of sp³-hybridized carbons (Fsp3) is 0.500. The van der Waals surface area contributed by atoms with Gasteiger partial charge in [0.05, 0.1) is 16.6 Å². The van der Waals surface area contributed by atoms with Crippen LogP contribution in [0.4, 0.5) is 0 Å². The highest BCUT2D eigenvalue weighted by Gasteiger charge is 2.34. The van der Waals surface area contributed by atoms with Gasteiger partial charge in [0.25, 0.3) is 11.4 Å². The number of hydrogen-bond donors (Lipinski definition) is 1. The van der Waals surface area contributed by atoms with Gasteiger partial charge in [0, 0.05) is 12.5 Å². The largest absolute Gasteiger partial charge is 0.333 e. The van der Waals surface area contributed by atoms with Crippen molar-refractivity contribution in [2.75, 3.05) is 13.1 Å². The Balaban J connectivity index is 1.80. The van der Waals surface area contributed by atoms with Crippen molar-refractivity contribution in [3.05, 3.63) is 28.1 Å². The lowest BCUT2D eigenvalue weighted by atomic mass is 9.80. The quantitative estimate of drug-likeness (QED) is 0.764. The average molecular weight is 345 g/mol. The first kappa shape index (κ1) is 15.5. The van der Waals surface area contributed by atoms with Crippen LogP contribution < -0.4 is 10.9 Å². The van der Waals surface area contributed by atoms with E-state index in [0.717, 1.165) is 42.2 Å². The summed E-state index contributed by atoms with van der Waals surface area (Å²) in [6.45, 7) is 6.01. The SMILES string of the molecule is Cc1c(-c2nc(C3(C)CCNCC3)no2)sc2ncn(C)c(=O)c12. The number of thiophene rings is 1. The molecule has 24 heavy (non-hydrogen) atoms. The maximum absolute atomic E-state index is 12.4. The predicted molar refractivity (Wildman–Crippen MR) is 92.3 cm³/mol. The van der Waals surface area contributed by atoms with Gasteiger partial charge in [-0.25, -0.2) is 4.98 Å². The van der Waals surface area contributed by atoms with Crippen molar-refractivity contribution < 1.29 is 4.52 Å². The van der Waals surface area contributed by atoms with E-state index < -0.39 is 0 Å². The summed E-state index contributed by atoms with van der Waals surface area (Å²) in [5.74, 6) is 1.23. The number of aromatic nitrogens is 4. The van der Waals surface area contributed by atoms with Gasteiger partial charge in [-0.15, -0.1) is 11.3 Å². The summed E-state index contributed by atoms with van der Waals surface area (Å²) in [6.07, 6.45) is 3.51. The zero-order valence-electron chi connectivity index (χ0n) is 13.9. The second kappa shape index (κ2) is 5.49. The Hall–Kier alpha value is -2.06. The number of rotatable bonds is 2. The van der Waals surface area contributed by atoms with Gasteiger partial charge >= 0.3 is 0 Å². The van der Waals surface area contributed by atoms with Gasteiger partial charge in [-0.2, -0.15) is 4.98 Å². The van der Waals surface area contributed by atoms with E-state index in [4.69, 9.17) is 4.52 Å². The molecule has 0 spiro atoms. The van der Waals surface area contributed by atoms with Gasteiger partial charge in [0.15, 0.2) is 5.82 Å². The Morgan fingerprint density at radius 1 is 1.38 bits per heavy atom. The van der Waals surface area contributed by atoms with Crippen LogP contribution in [0.25, 0.3) is 21.0 Å². The number of nitrogens with one attached hydrogen (secondary N) is 1. The summed E-state index contributed by atoms with van der Waals surface area (Å²) in [4.78, 5) is 22.9. The van der Waals surface area contributed by atoms with Gasteiger partial charge in [-0.1, -0.05) is 12.1 Å². The minimum atomic E-state index is -0.0635. The molecule has 0 atom stereocenters. The summed E-state index contributed by atoms with van der Waals surface area (Å²) in [5, 5.41) is 8.22. The van der Waals surface area contributed by atoms with Crippen molar-refractivity contribution in [3.8, 4) is 10.8 Å². The van der Waals surface area contributed by atoms with E-state index >= 15 is 0 Å². The first-order chi connectivity index (χ1) is 11.5. The number of aryl methyl sites for hydroxylation is 2. The molecule has 1 aliphatic heterocycles. The molecule has 7 nitrogen and oxygen atoms in total. The predicted octanol–water partition coefficient (Wildman–Crippen LogP) is 1.99. The fourth-order valence-corrected chi connectivity index (χ4v) is 4.24. The van der Waals surface area contributed by atoms with E-state index in [1.165, 1.54) is 15.9 Å². The van der Waals surface area contributed by atoms with E-state index in [0.29, 0.717) is 16.1 Å². The molecule has 3 aromatic rings. The molecule has 1 aliphatic rings. The number of fused-ring (bicyclic) bond motifs is 1. The fourth-order valence-electron chi connectivity index (χ4n) is 3.18. The van der Waals surface area contributed by atoms with Crippen LogP contribution in [-0.2, 0) is 12.5 Å². The van der Waals surface area contributed by atoms with Crippen molar-refractivity contribution >= 4 is 21.6 Å². The minimum absolute atomic E-state index is 0.0509. The summed E-state index contributed by atoms with van der Waals surface area (Å²) < 4.78 is 7.03. The summed E-state index contributed by atoms with van der Waals surface area (Å²) in [7, 11) is 1.70. The first-order valence-corrected chi connectivity index (χ1v) is 8.81. The van der Waals surface area contributed by atoms with E-state index in [2.05, 4.69) is 27.4 Å². The monoisotopic (exact) mass is 345 g/mol. The summed E-state index contributed by atoms with van der Waals surface area (Å²) in [6, 6.07) is 0. The Bertz CT molecular complexity index is 965. The van der Waals surface area contributed by atoms with Crippen LogP contribution in [-0.4, -0.2) is 32.8 Å². The molecule has 0 unspecified atom stereocenters. The van der Waals surface area contributed by atoms with Crippen molar-refractivity contribution in [2.45, 2.75) is 32.1 Å². The first-order valence-electron chi connectivity index (χ1n) is 7.99. The number of piperidine rings is 1. The zero-order valence-corrected chi connectivity index (χ0v) is 14.7. The third-order valence-corrected chi connectivity index (χ3v) is 6.07. The van der Waals surface area contributed by atoms with Crippen molar-refractivity contribution in [2.24, 2.45) is 7.05 Å². The van der Waals surface area contributed by atoms with E-state index in [1.54, 1.807) is 13.4 Å². The molecular formula is C16H19N5O2S. The maximum Gasteiger partial charge on any atom is 0.268 e. The van der Waals surface area contributed by atoms with Crippen LogP contribution in [0.15, 0.2) is 15.6 Å². The standard InChI is InChI=1S/C16H19N5O2S/c1-9-10-13(18-8-21(3)14(10)22)24-11(9)12-19-15(20-23-12)16(2)4-6-17-7-5-16/h8,17H,4-7H2,1-3H3. The molecule has 1 fully saturated rings. The van der Waals surface area contributed by atoms with Crippen LogP contribution in [0.3, 0.4) is 0 Å². The summed E-state index contributed by atoms with van der Waals surface area (Å²) in [5.41, 5.74) is 0.741. The average Bonchev–Trinajstić information content (AvgIpc) is 3.17. The van der Waals surface area contributed by atoms with Crippen LogP contribution in [0.2, 0.25) is 0 Å². The third-order valence-electron chi connectivity index (χ3n) is 4.88. The molecule has 0 radical (unpaired) electrons. The normalized spacial score (nSPS) is 17.5. The maximum atomic E-state index is 12.4. The molecule has 1 N–H and O–H groups in total. The second-order valence-corrected chi connectivity index (χ2v) is 7.63. The molecule has 126 valence electrons. The van der Waals surface area contributed by atoms with Gasteiger partial charge in [-0.05, 0) is 38.4 Å². The molecule has 0 aromatic carbocycles. The molecule has 0 saturated carbocycles. The Labute approximate surface area is 142 Å². The smallest absolute Gasteiger partial charge is 0.268 e. The molecule has 8 heteroatoms. The molecular weight excluding hydrogens is 326 g/mol. The van der Waals surface area contributed by atoms with Crippen LogP contribution in [0.5, 0.6) is 0 Å². The van der Waals surface area contributed by atoms with Crippen LogP contribution in [0.1, 0.15) is 31.2 Å². The van der Waals surface area contributed by atoms with E-state index in [1.807, 2.05) is 6.92 Å². The van der Waals surface area contributed by atoms with Crippen molar-refractivity contribution in [1.82, 2.24) is 25.0 Å². The summed E-state index contributed by atoms with van der Waals surface area (Å²) >= 11 is 1.43. The lowest BCUT2D eigenvalue weighted by Gasteiger charge is -2.30. The molecule has 0 amide bonds. The number of nitrogens with zero attached hydrogens (tertiary/aromatic N) is 4. The van der Waals surface area contributed by atoms with Gasteiger partial charge in [0.1, 0.15) is 4.83 Å². The molecule has 0 aliphatic carbocycles. The zero-order chi connectivity index (χ0) is 16.9. The molecule has 4 heterocycles. The van der Waals surface area contributed by atoms with Crippen LogP contribution in [0, 0.1) is 6.92 Å². The lowest BCUT2D eigenvalue weighted by molar-refractivity contribution is 0.303. The Morgan fingerprint density at radius 2 is 2.12 bits per heavy atom. The molecule has 4 rings (SSSR count). The van der Waals surface area contributed by atoms with E-state index in [9.17, 15) is 4.79 Å². The van der Waals surface area contributed by atoms with Crippen LogP contribution >= 0.6 is 11.3 Å². The lowest BCUT2D eigenvalue weighted by Crippen LogP contribution is -2.38. The minimum Gasteiger partial charge on any atom is -0.333 e. The van der Waals surface area contributed by atoms with Crippen molar-refractivity contribution in [1.29, 1.82) is 0 Å². The van der Waals surface area contributed by atoms with Gasteiger partial charge in [0.2, 0.25) is 0 Å². The highest BCUT2D eigenvalue weighted by atomic mass is 32.1. The second-order valence-electron chi connectivity index (χ2n) is 6.63. The highest BCUT2D eigenvalue weighted by Crippen LogP contribution is 2.37. The molecule has 1 saturated heterocycles. The molecule has 0 bridgehead atoms.